The monoisotopic (exact) mass is 318 g/mol. The predicted octanol–water partition coefficient (Wildman–Crippen LogP) is 2.96. The van der Waals surface area contributed by atoms with E-state index in [9.17, 15) is 9.59 Å². The van der Waals surface area contributed by atoms with Crippen LogP contribution in [0, 0.1) is 6.92 Å². The summed E-state index contributed by atoms with van der Waals surface area (Å²) in [6.45, 7) is 4.32. The highest BCUT2D eigenvalue weighted by molar-refractivity contribution is 7.09. The van der Waals surface area contributed by atoms with E-state index < -0.39 is 5.97 Å². The summed E-state index contributed by atoms with van der Waals surface area (Å²) in [5.74, 6) is -0.989. The Bertz CT molecular complexity index is 682. The third kappa shape index (κ3) is 4.14. The van der Waals surface area contributed by atoms with Gasteiger partial charge in [0.15, 0.2) is 5.69 Å². The van der Waals surface area contributed by atoms with Crippen LogP contribution in [-0.2, 0) is 11.3 Å². The Morgan fingerprint density at radius 2 is 2.09 bits per heavy atom. The maximum atomic E-state index is 12.0. The van der Waals surface area contributed by atoms with Crippen LogP contribution in [0.3, 0.4) is 0 Å². The fourth-order valence-electron chi connectivity index (χ4n) is 2.26. The molecule has 2 aromatic rings. The number of nitrogens with zero attached hydrogens (tertiary/aromatic N) is 1. The van der Waals surface area contributed by atoms with Crippen LogP contribution in [0.2, 0.25) is 0 Å². The maximum Gasteiger partial charge on any atom is 0.355 e. The van der Waals surface area contributed by atoms with Crippen LogP contribution in [0.5, 0.6) is 0 Å². The van der Waals surface area contributed by atoms with Gasteiger partial charge in [-0.1, -0.05) is 31.2 Å². The highest BCUT2D eigenvalue weighted by atomic mass is 32.1. The van der Waals surface area contributed by atoms with E-state index in [0.29, 0.717) is 11.4 Å². The van der Waals surface area contributed by atoms with Crippen LogP contribution in [0.25, 0.3) is 0 Å². The zero-order chi connectivity index (χ0) is 16.1. The second kappa shape index (κ2) is 7.17. The second-order valence-electron chi connectivity index (χ2n) is 5.17. The molecule has 22 heavy (non-hydrogen) atoms. The molecule has 0 aliphatic carbocycles. The SMILES string of the molecule is Cc1ccccc1C(C)CC(=O)NCc1nc(C(=O)O)cs1. The molecule has 1 unspecified atom stereocenters. The van der Waals surface area contributed by atoms with Gasteiger partial charge in [-0.15, -0.1) is 11.3 Å². The Balaban J connectivity index is 1.87. The van der Waals surface area contributed by atoms with E-state index in [2.05, 4.69) is 10.3 Å². The molecular formula is C16H18N2O3S. The van der Waals surface area contributed by atoms with Crippen LogP contribution < -0.4 is 5.32 Å². The number of thiazole rings is 1. The predicted molar refractivity (Wildman–Crippen MR) is 85.1 cm³/mol. The summed E-state index contributed by atoms with van der Waals surface area (Å²) in [6, 6.07) is 8.02. The highest BCUT2D eigenvalue weighted by Gasteiger charge is 2.14. The molecule has 2 rings (SSSR count). The standard InChI is InChI=1S/C16H18N2O3S/c1-10-5-3-4-6-12(10)11(2)7-14(19)17-8-15-18-13(9-22-15)16(20)21/h3-6,9,11H,7-8H2,1-2H3,(H,17,19)(H,20,21). The lowest BCUT2D eigenvalue weighted by molar-refractivity contribution is -0.121. The Morgan fingerprint density at radius 1 is 1.36 bits per heavy atom. The lowest BCUT2D eigenvalue weighted by Gasteiger charge is -2.14. The van der Waals surface area contributed by atoms with Crippen LogP contribution in [0.4, 0.5) is 0 Å². The van der Waals surface area contributed by atoms with Crippen LogP contribution in [-0.4, -0.2) is 22.0 Å². The summed E-state index contributed by atoms with van der Waals surface area (Å²) in [6.07, 6.45) is 0.391. The van der Waals surface area contributed by atoms with Crippen molar-refractivity contribution in [2.24, 2.45) is 0 Å². The number of benzene rings is 1. The molecule has 0 spiro atoms. The van der Waals surface area contributed by atoms with Gasteiger partial charge < -0.3 is 10.4 Å². The molecule has 6 heteroatoms. The van der Waals surface area contributed by atoms with Gasteiger partial charge in [0.2, 0.25) is 5.91 Å². The Kier molecular flexibility index (Phi) is 5.27. The first-order valence-electron chi connectivity index (χ1n) is 6.97. The molecule has 0 saturated heterocycles. The summed E-state index contributed by atoms with van der Waals surface area (Å²) in [4.78, 5) is 26.7. The first-order chi connectivity index (χ1) is 10.5. The van der Waals surface area contributed by atoms with Gasteiger partial charge in [-0.3, -0.25) is 4.79 Å². The lowest BCUT2D eigenvalue weighted by Crippen LogP contribution is -2.24. The van der Waals surface area contributed by atoms with Crippen molar-refractivity contribution in [3.05, 3.63) is 51.5 Å². The minimum absolute atomic E-state index is 0.0162. The minimum Gasteiger partial charge on any atom is -0.476 e. The van der Waals surface area contributed by atoms with Crippen LogP contribution >= 0.6 is 11.3 Å². The van der Waals surface area contributed by atoms with Crippen molar-refractivity contribution in [2.75, 3.05) is 0 Å². The Labute approximate surface area is 133 Å². The number of rotatable bonds is 6. The van der Waals surface area contributed by atoms with E-state index in [4.69, 9.17) is 5.11 Å². The molecule has 0 bridgehead atoms. The van der Waals surface area contributed by atoms with Crippen LogP contribution in [0.1, 0.15) is 45.9 Å². The number of hydrogen-bond donors (Lipinski definition) is 2. The molecule has 1 aromatic carbocycles. The smallest absolute Gasteiger partial charge is 0.355 e. The van der Waals surface area contributed by atoms with Gasteiger partial charge in [-0.2, -0.15) is 0 Å². The van der Waals surface area contributed by atoms with Gasteiger partial charge in [0.25, 0.3) is 0 Å². The topological polar surface area (TPSA) is 79.3 Å². The number of carbonyl (C=O) groups excluding carboxylic acids is 1. The van der Waals surface area contributed by atoms with Gasteiger partial charge in [-0.05, 0) is 24.0 Å². The average Bonchev–Trinajstić information content (AvgIpc) is 2.94. The van der Waals surface area contributed by atoms with E-state index in [0.717, 1.165) is 0 Å². The quantitative estimate of drug-likeness (QED) is 0.858. The zero-order valence-electron chi connectivity index (χ0n) is 12.5. The lowest BCUT2D eigenvalue weighted by atomic mass is 9.93. The molecule has 1 heterocycles. The number of carboxylic acid groups (broad SMARTS) is 1. The van der Waals surface area contributed by atoms with E-state index in [1.54, 1.807) is 0 Å². The van der Waals surface area contributed by atoms with Gasteiger partial charge in [-0.25, -0.2) is 9.78 Å². The zero-order valence-corrected chi connectivity index (χ0v) is 13.3. The van der Waals surface area contributed by atoms with Crippen molar-refractivity contribution in [1.29, 1.82) is 0 Å². The fraction of sp³-hybridized carbons (Fsp3) is 0.312. The molecule has 5 nitrogen and oxygen atoms in total. The van der Waals surface area contributed by atoms with Crippen molar-refractivity contribution < 1.29 is 14.7 Å². The van der Waals surface area contributed by atoms with Gasteiger partial charge in [0.1, 0.15) is 5.01 Å². The summed E-state index contributed by atoms with van der Waals surface area (Å²) in [5.41, 5.74) is 2.36. The minimum atomic E-state index is -1.05. The summed E-state index contributed by atoms with van der Waals surface area (Å²) >= 11 is 1.23. The molecule has 0 aliphatic rings. The third-order valence-electron chi connectivity index (χ3n) is 3.42. The summed E-state index contributed by atoms with van der Waals surface area (Å²) in [5, 5.41) is 13.7. The maximum absolute atomic E-state index is 12.0. The average molecular weight is 318 g/mol. The third-order valence-corrected chi connectivity index (χ3v) is 4.27. The molecule has 116 valence electrons. The molecule has 1 atom stereocenters. The first-order valence-corrected chi connectivity index (χ1v) is 7.85. The number of hydrogen-bond acceptors (Lipinski definition) is 4. The number of amides is 1. The van der Waals surface area contributed by atoms with Gasteiger partial charge in [0.05, 0.1) is 6.54 Å². The molecular weight excluding hydrogens is 300 g/mol. The van der Waals surface area contributed by atoms with Crippen molar-refractivity contribution in [1.82, 2.24) is 10.3 Å². The van der Waals surface area contributed by atoms with Crippen molar-refractivity contribution in [3.8, 4) is 0 Å². The highest BCUT2D eigenvalue weighted by Crippen LogP contribution is 2.22. The van der Waals surface area contributed by atoms with Gasteiger partial charge in [0, 0.05) is 11.8 Å². The number of carbonyl (C=O) groups is 2. The molecule has 0 radical (unpaired) electrons. The molecule has 2 N–H and O–H groups in total. The normalized spacial score (nSPS) is 11.9. The van der Waals surface area contributed by atoms with E-state index >= 15 is 0 Å². The Hall–Kier alpha value is -2.21. The number of aromatic carboxylic acids is 1. The molecule has 0 fully saturated rings. The number of nitrogens with one attached hydrogen (secondary N) is 1. The fourth-order valence-corrected chi connectivity index (χ4v) is 2.97. The Morgan fingerprint density at radius 3 is 2.73 bits per heavy atom. The van der Waals surface area contributed by atoms with Crippen molar-refractivity contribution >= 4 is 23.2 Å². The van der Waals surface area contributed by atoms with E-state index in [1.807, 2.05) is 38.1 Å². The van der Waals surface area contributed by atoms with Crippen molar-refractivity contribution in [2.45, 2.75) is 32.7 Å². The number of aryl methyl sites for hydroxylation is 1. The molecule has 1 aromatic heterocycles. The molecule has 0 aliphatic heterocycles. The summed E-state index contributed by atoms with van der Waals surface area (Å²) < 4.78 is 0. The second-order valence-corrected chi connectivity index (χ2v) is 6.11. The van der Waals surface area contributed by atoms with E-state index in [1.165, 1.54) is 27.8 Å². The van der Waals surface area contributed by atoms with Gasteiger partial charge >= 0.3 is 5.97 Å². The summed E-state index contributed by atoms with van der Waals surface area (Å²) in [7, 11) is 0. The first kappa shape index (κ1) is 16.2. The largest absolute Gasteiger partial charge is 0.476 e. The van der Waals surface area contributed by atoms with Crippen LogP contribution in [0.15, 0.2) is 29.6 Å². The number of carboxylic acids is 1. The molecule has 0 saturated carbocycles. The number of aromatic nitrogens is 1. The molecule has 1 amide bonds. The van der Waals surface area contributed by atoms with E-state index in [-0.39, 0.29) is 24.1 Å². The van der Waals surface area contributed by atoms with Crippen molar-refractivity contribution in [3.63, 3.8) is 0 Å².